The molecule has 0 heterocycles. The van der Waals surface area contributed by atoms with E-state index in [0.717, 1.165) is 6.42 Å². The predicted molar refractivity (Wildman–Crippen MR) is 150 cm³/mol. The van der Waals surface area contributed by atoms with Gasteiger partial charge in [-0.05, 0) is 76.5 Å². The number of amides is 3. The lowest BCUT2D eigenvalue weighted by atomic mass is 10.0. The van der Waals surface area contributed by atoms with Crippen LogP contribution in [-0.2, 0) is 19.2 Å². The minimum absolute atomic E-state index is 0.0981. The first-order valence-corrected chi connectivity index (χ1v) is 14.3. The van der Waals surface area contributed by atoms with E-state index in [-0.39, 0.29) is 25.3 Å². The van der Waals surface area contributed by atoms with Gasteiger partial charge in [0.25, 0.3) is 0 Å². The molecule has 0 aromatic heterocycles. The van der Waals surface area contributed by atoms with Crippen LogP contribution in [0.1, 0.15) is 57.8 Å². The van der Waals surface area contributed by atoms with Crippen molar-refractivity contribution in [2.24, 2.45) is 33.7 Å². The van der Waals surface area contributed by atoms with Crippen molar-refractivity contribution in [2.45, 2.75) is 82.0 Å². The number of carbonyl (C=O) groups excluding carboxylic acids is 3. The number of thioether (sulfide) groups is 1. The third-order valence-corrected chi connectivity index (χ3v) is 6.33. The highest BCUT2D eigenvalue weighted by atomic mass is 32.2. The van der Waals surface area contributed by atoms with Gasteiger partial charge in [-0.2, -0.15) is 11.8 Å². The smallest absolute Gasteiger partial charge is 0.326 e. The number of hydrogen-bond acceptors (Lipinski definition) is 9. The van der Waals surface area contributed by atoms with Gasteiger partial charge in [-0.3, -0.25) is 19.4 Å². The molecule has 15 heteroatoms. The fourth-order valence-electron chi connectivity index (χ4n) is 3.49. The van der Waals surface area contributed by atoms with E-state index in [1.54, 1.807) is 0 Å². The summed E-state index contributed by atoms with van der Waals surface area (Å²) in [6.07, 6.45) is 5.93. The Labute approximate surface area is 229 Å². The van der Waals surface area contributed by atoms with Gasteiger partial charge in [-0.25, -0.2) is 4.79 Å². The molecule has 3 amide bonds. The molecule has 0 aliphatic heterocycles. The summed E-state index contributed by atoms with van der Waals surface area (Å²) in [5.74, 6) is -2.43. The monoisotopic (exact) mass is 561 g/mol. The van der Waals surface area contributed by atoms with Gasteiger partial charge < -0.3 is 49.7 Å². The Bertz CT molecular complexity index is 753. The first-order chi connectivity index (χ1) is 18.1. The summed E-state index contributed by atoms with van der Waals surface area (Å²) in [4.78, 5) is 54.3. The van der Waals surface area contributed by atoms with Crippen molar-refractivity contribution in [3.63, 3.8) is 0 Å². The van der Waals surface area contributed by atoms with E-state index in [4.69, 9.17) is 28.7 Å². The minimum atomic E-state index is -1.21. The minimum Gasteiger partial charge on any atom is -0.480 e. The summed E-state index contributed by atoms with van der Waals surface area (Å²) in [7, 11) is 0. The topological polar surface area (TPSA) is 267 Å². The van der Waals surface area contributed by atoms with Crippen LogP contribution in [0.15, 0.2) is 4.99 Å². The zero-order valence-electron chi connectivity index (χ0n) is 22.3. The zero-order chi connectivity index (χ0) is 28.9. The number of aliphatic imine (C=N–C) groups is 1. The molecular weight excluding hydrogens is 514 g/mol. The summed E-state index contributed by atoms with van der Waals surface area (Å²) >= 11 is 1.47. The first-order valence-electron chi connectivity index (χ1n) is 12.9. The van der Waals surface area contributed by atoms with E-state index in [1.807, 2.05) is 6.26 Å². The molecule has 14 nitrogen and oxygen atoms in total. The number of nitrogens with one attached hydrogen (secondary N) is 3. The number of carbonyl (C=O) groups is 4. The maximum atomic E-state index is 13.2. The first kappa shape index (κ1) is 35.4. The van der Waals surface area contributed by atoms with Gasteiger partial charge in [0.15, 0.2) is 5.96 Å². The third kappa shape index (κ3) is 16.3. The Kier molecular flexibility index (Phi) is 19.9. The Balaban J connectivity index is 5.40. The fraction of sp³-hybridized carbons (Fsp3) is 0.783. The van der Waals surface area contributed by atoms with Gasteiger partial charge in [0.1, 0.15) is 18.1 Å². The SMILES string of the molecule is CSCCC(NC(=O)C(CCCCN)NC(=O)C(N)CCCCN)C(=O)NC(CCCN=C(N)N)C(=O)O. The van der Waals surface area contributed by atoms with Crippen molar-refractivity contribution in [1.29, 1.82) is 0 Å². The van der Waals surface area contributed by atoms with Gasteiger partial charge in [0.2, 0.25) is 17.7 Å². The number of nitrogens with two attached hydrogens (primary N) is 5. The number of carboxylic acids is 1. The van der Waals surface area contributed by atoms with Crippen LogP contribution >= 0.6 is 11.8 Å². The third-order valence-electron chi connectivity index (χ3n) is 5.69. The maximum absolute atomic E-state index is 13.2. The maximum Gasteiger partial charge on any atom is 0.326 e. The normalized spacial score (nSPS) is 14.0. The molecule has 220 valence electrons. The van der Waals surface area contributed by atoms with Crippen molar-refractivity contribution < 1.29 is 24.3 Å². The summed E-state index contributed by atoms with van der Waals surface area (Å²) in [6.45, 7) is 1.14. The quantitative estimate of drug-likeness (QED) is 0.0393. The molecule has 38 heavy (non-hydrogen) atoms. The largest absolute Gasteiger partial charge is 0.480 e. The molecule has 14 N–H and O–H groups in total. The van der Waals surface area contributed by atoms with Crippen molar-refractivity contribution in [1.82, 2.24) is 16.0 Å². The molecule has 0 fully saturated rings. The second-order valence-electron chi connectivity index (χ2n) is 8.93. The van der Waals surface area contributed by atoms with Gasteiger partial charge >= 0.3 is 5.97 Å². The van der Waals surface area contributed by atoms with E-state index < -0.39 is 47.9 Å². The summed E-state index contributed by atoms with van der Waals surface area (Å²) in [5.41, 5.74) is 27.6. The average molecular weight is 562 g/mol. The molecule has 0 spiro atoms. The van der Waals surface area contributed by atoms with Crippen LogP contribution < -0.4 is 44.6 Å². The highest BCUT2D eigenvalue weighted by molar-refractivity contribution is 7.98. The van der Waals surface area contributed by atoms with Crippen LogP contribution in [0.3, 0.4) is 0 Å². The number of aliphatic carboxylic acids is 1. The van der Waals surface area contributed by atoms with Gasteiger partial charge in [0, 0.05) is 6.54 Å². The van der Waals surface area contributed by atoms with E-state index in [1.165, 1.54) is 11.8 Å². The number of rotatable bonds is 22. The molecule has 0 aliphatic rings. The summed E-state index contributed by atoms with van der Waals surface area (Å²) in [6, 6.07) is -3.90. The van der Waals surface area contributed by atoms with Crippen LogP contribution in [0.2, 0.25) is 0 Å². The molecule has 0 radical (unpaired) electrons. The number of guanidine groups is 1. The van der Waals surface area contributed by atoms with E-state index in [2.05, 4.69) is 20.9 Å². The van der Waals surface area contributed by atoms with Crippen molar-refractivity contribution >= 4 is 41.4 Å². The lowest BCUT2D eigenvalue weighted by Crippen LogP contribution is -2.57. The Morgan fingerprint density at radius 3 is 1.79 bits per heavy atom. The zero-order valence-corrected chi connectivity index (χ0v) is 23.1. The molecule has 0 saturated heterocycles. The van der Waals surface area contributed by atoms with Gasteiger partial charge in [-0.1, -0.05) is 6.42 Å². The van der Waals surface area contributed by atoms with Crippen LogP contribution in [0.5, 0.6) is 0 Å². The highest BCUT2D eigenvalue weighted by Crippen LogP contribution is 2.08. The molecule has 0 aromatic carbocycles. The standard InChI is InChI=1S/C23H47N9O5S/c1-38-14-10-17(21(35)32-18(22(36)37)9-6-13-29-23(27)28)31-20(34)16(8-3-5-12-25)30-19(33)15(26)7-2-4-11-24/h15-18H,2-14,24-26H2,1H3,(H,30,33)(H,31,34)(H,32,35)(H,36,37)(H4,27,28,29). The molecular formula is C23H47N9O5S. The van der Waals surface area contributed by atoms with E-state index >= 15 is 0 Å². The number of unbranched alkanes of at least 4 members (excludes halogenated alkanes) is 2. The summed E-state index contributed by atoms with van der Waals surface area (Å²) in [5, 5.41) is 17.4. The van der Waals surface area contributed by atoms with Crippen molar-refractivity contribution in [3.8, 4) is 0 Å². The molecule has 0 aromatic rings. The number of hydrogen-bond donors (Lipinski definition) is 9. The molecule has 4 atom stereocenters. The number of carboxylic acid groups (broad SMARTS) is 1. The molecule has 4 unspecified atom stereocenters. The highest BCUT2D eigenvalue weighted by Gasteiger charge is 2.29. The van der Waals surface area contributed by atoms with Crippen molar-refractivity contribution in [2.75, 3.05) is 31.6 Å². The average Bonchev–Trinajstić information content (AvgIpc) is 2.87. The Hall–Kier alpha value is -2.62. The van der Waals surface area contributed by atoms with Gasteiger partial charge in [-0.15, -0.1) is 0 Å². The van der Waals surface area contributed by atoms with Gasteiger partial charge in [0.05, 0.1) is 6.04 Å². The van der Waals surface area contributed by atoms with E-state index in [9.17, 15) is 24.3 Å². The van der Waals surface area contributed by atoms with E-state index in [0.29, 0.717) is 57.4 Å². The lowest BCUT2D eigenvalue weighted by molar-refractivity contribution is -0.142. The molecule has 0 bridgehead atoms. The molecule has 0 aliphatic carbocycles. The van der Waals surface area contributed by atoms with Crippen molar-refractivity contribution in [3.05, 3.63) is 0 Å². The van der Waals surface area contributed by atoms with Crippen LogP contribution in [0, 0.1) is 0 Å². The molecule has 0 rings (SSSR count). The second-order valence-corrected chi connectivity index (χ2v) is 9.91. The van der Waals surface area contributed by atoms with Crippen LogP contribution in [0.4, 0.5) is 0 Å². The predicted octanol–water partition coefficient (Wildman–Crippen LogP) is -2.08. The fourth-order valence-corrected chi connectivity index (χ4v) is 3.96. The number of nitrogens with zero attached hydrogens (tertiary/aromatic N) is 1. The molecule has 0 saturated carbocycles. The van der Waals surface area contributed by atoms with Crippen LogP contribution in [0.25, 0.3) is 0 Å². The van der Waals surface area contributed by atoms with Crippen LogP contribution in [-0.4, -0.2) is 90.6 Å². The Morgan fingerprint density at radius 2 is 1.26 bits per heavy atom. The second kappa shape index (κ2) is 21.3. The lowest BCUT2D eigenvalue weighted by Gasteiger charge is -2.25. The Morgan fingerprint density at radius 1 is 0.763 bits per heavy atom. The summed E-state index contributed by atoms with van der Waals surface area (Å²) < 4.78 is 0.